The average molecular weight is 152 g/mol. The molecule has 6 heteroatoms. The molecular formula is C2H6AlO4P+2. The molecule has 0 aliphatic heterocycles. The molecule has 4 nitrogen and oxygen atoms in total. The van der Waals surface area contributed by atoms with Gasteiger partial charge in [0.05, 0.1) is 6.61 Å². The Morgan fingerprint density at radius 3 is 2.25 bits per heavy atom. The van der Waals surface area contributed by atoms with Gasteiger partial charge in [-0.25, -0.2) is 0 Å². The van der Waals surface area contributed by atoms with Crippen molar-refractivity contribution in [2.75, 3.05) is 6.61 Å². The van der Waals surface area contributed by atoms with E-state index in [9.17, 15) is 9.46 Å². The molecule has 0 aliphatic rings. The average Bonchev–Trinajstić information content (AvgIpc) is 1.30. The van der Waals surface area contributed by atoms with E-state index in [1.54, 1.807) is 0 Å². The molecule has 0 fully saturated rings. The molecule has 44 valence electrons. The Kier molecular flexibility index (Phi) is 6.46. The maximum atomic E-state index is 9.59. The summed E-state index contributed by atoms with van der Waals surface area (Å²) in [5.74, 6) is 0. The van der Waals surface area contributed by atoms with Gasteiger partial charge in [0.1, 0.15) is 0 Å². The van der Waals surface area contributed by atoms with Gasteiger partial charge in [-0.05, 0) is 6.92 Å². The van der Waals surface area contributed by atoms with Gasteiger partial charge in [0.15, 0.2) is 0 Å². The minimum Gasteiger partial charge on any atom is -0.756 e. The third kappa shape index (κ3) is 9.81. The Labute approximate surface area is 58.2 Å². The molecule has 0 amide bonds. The minimum atomic E-state index is -4.42. The van der Waals surface area contributed by atoms with Gasteiger partial charge in [0.2, 0.25) is 0 Å². The van der Waals surface area contributed by atoms with Crippen LogP contribution in [0.2, 0.25) is 0 Å². The molecule has 0 aromatic carbocycles. The third-order valence-electron chi connectivity index (χ3n) is 0.292. The zero-order chi connectivity index (χ0) is 5.91. The first kappa shape index (κ1) is 11.4. The van der Waals surface area contributed by atoms with Gasteiger partial charge >= 0.3 is 17.4 Å². The van der Waals surface area contributed by atoms with Crippen LogP contribution in [0, 0.1) is 0 Å². The summed E-state index contributed by atoms with van der Waals surface area (Å²) in [5, 5.41) is 0. The predicted octanol–water partition coefficient (Wildman–Crippen LogP) is -0.897. The van der Waals surface area contributed by atoms with Crippen molar-refractivity contribution in [2.45, 2.75) is 6.92 Å². The Bertz CT molecular complexity index is 88.0. The van der Waals surface area contributed by atoms with Crippen molar-refractivity contribution in [3.63, 3.8) is 0 Å². The van der Waals surface area contributed by atoms with Crippen LogP contribution in [0.1, 0.15) is 6.92 Å². The second-order valence-corrected chi connectivity index (χ2v) is 2.08. The Hall–Kier alpha value is 0.642. The molecule has 1 unspecified atom stereocenters. The number of rotatable bonds is 2. The molecule has 0 heterocycles. The summed E-state index contributed by atoms with van der Waals surface area (Å²) in [5.41, 5.74) is 0. The fraction of sp³-hybridized carbons (Fsp3) is 1.00. The van der Waals surface area contributed by atoms with Crippen LogP contribution in [0.3, 0.4) is 0 Å². The normalized spacial score (nSPS) is 16.4. The fourth-order valence-electron chi connectivity index (χ4n) is 0.163. The molecule has 1 N–H and O–H groups in total. The van der Waals surface area contributed by atoms with Crippen LogP contribution in [0.4, 0.5) is 0 Å². The Morgan fingerprint density at radius 2 is 2.25 bits per heavy atom. The van der Waals surface area contributed by atoms with E-state index < -0.39 is 7.82 Å². The second kappa shape index (κ2) is 4.51. The number of phosphoric acid groups is 1. The standard InChI is InChI=1S/C2H7O4P.Al/c1-2-6-7(3,4)5;/h2H2,1H3,(H2,3,4,5);/q;+3/p-1. The minimum absolute atomic E-state index is 0. The van der Waals surface area contributed by atoms with Crippen LogP contribution in [0.25, 0.3) is 0 Å². The van der Waals surface area contributed by atoms with E-state index in [4.69, 9.17) is 4.89 Å². The Balaban J connectivity index is 0. The summed E-state index contributed by atoms with van der Waals surface area (Å²) in [7, 11) is -4.42. The van der Waals surface area contributed by atoms with Crippen LogP contribution in [0.15, 0.2) is 0 Å². The van der Waals surface area contributed by atoms with Gasteiger partial charge < -0.3 is 14.3 Å². The molecule has 0 saturated carbocycles. The number of hydrogen-bond donors (Lipinski definition) is 1. The van der Waals surface area contributed by atoms with E-state index in [-0.39, 0.29) is 24.0 Å². The number of hydrogen-bond acceptors (Lipinski definition) is 3. The van der Waals surface area contributed by atoms with E-state index in [2.05, 4.69) is 4.52 Å². The summed E-state index contributed by atoms with van der Waals surface area (Å²) in [6.45, 7) is 1.46. The first-order valence-electron chi connectivity index (χ1n) is 1.74. The zero-order valence-electron chi connectivity index (χ0n) is 4.40. The van der Waals surface area contributed by atoms with Gasteiger partial charge in [0, 0.05) is 0 Å². The molecule has 0 spiro atoms. The molecule has 0 aliphatic carbocycles. The molecule has 0 rings (SSSR count). The fourth-order valence-corrected chi connectivity index (χ4v) is 0.489. The van der Waals surface area contributed by atoms with Crippen molar-refractivity contribution in [3.05, 3.63) is 0 Å². The van der Waals surface area contributed by atoms with Gasteiger partial charge in [-0.2, -0.15) is 0 Å². The summed E-state index contributed by atoms with van der Waals surface area (Å²) in [6.07, 6.45) is 0. The SMILES string of the molecule is CCOP(=O)([O-])O.[Al+3]. The molecule has 0 radical (unpaired) electrons. The largest absolute Gasteiger partial charge is 3.00 e. The van der Waals surface area contributed by atoms with Crippen molar-refractivity contribution >= 4 is 25.2 Å². The van der Waals surface area contributed by atoms with Gasteiger partial charge in [-0.1, -0.05) is 0 Å². The van der Waals surface area contributed by atoms with Gasteiger partial charge in [0.25, 0.3) is 7.82 Å². The summed E-state index contributed by atoms with van der Waals surface area (Å²) in [4.78, 5) is 17.4. The second-order valence-electron chi connectivity index (χ2n) is 0.886. The van der Waals surface area contributed by atoms with E-state index in [0.717, 1.165) is 0 Å². The van der Waals surface area contributed by atoms with Crippen LogP contribution < -0.4 is 4.89 Å². The van der Waals surface area contributed by atoms with Crippen molar-refractivity contribution in [1.29, 1.82) is 0 Å². The van der Waals surface area contributed by atoms with Crippen molar-refractivity contribution in [3.8, 4) is 0 Å². The molecule has 0 aromatic rings. The first-order valence-corrected chi connectivity index (χ1v) is 3.24. The molecule has 0 aromatic heterocycles. The van der Waals surface area contributed by atoms with E-state index in [0.29, 0.717) is 0 Å². The number of phosphoric ester groups is 1. The molecular weight excluding hydrogens is 146 g/mol. The maximum Gasteiger partial charge on any atom is 3.00 e. The van der Waals surface area contributed by atoms with Crippen molar-refractivity contribution in [1.82, 2.24) is 0 Å². The third-order valence-corrected chi connectivity index (χ3v) is 0.877. The quantitative estimate of drug-likeness (QED) is 0.411. The smallest absolute Gasteiger partial charge is 0.756 e. The molecule has 8 heavy (non-hydrogen) atoms. The Morgan fingerprint density at radius 1 is 1.88 bits per heavy atom. The summed E-state index contributed by atoms with van der Waals surface area (Å²) < 4.78 is 13.4. The van der Waals surface area contributed by atoms with E-state index >= 15 is 0 Å². The van der Waals surface area contributed by atoms with Gasteiger partial charge in [-0.3, -0.25) is 4.57 Å². The zero-order valence-corrected chi connectivity index (χ0v) is 6.45. The predicted molar refractivity (Wildman–Crippen MR) is 27.2 cm³/mol. The summed E-state index contributed by atoms with van der Waals surface area (Å²) in [6, 6.07) is 0. The molecule has 0 saturated heterocycles. The van der Waals surface area contributed by atoms with Crippen molar-refractivity contribution < 1.29 is 18.9 Å². The van der Waals surface area contributed by atoms with Crippen molar-refractivity contribution in [2.24, 2.45) is 0 Å². The van der Waals surface area contributed by atoms with E-state index in [1.807, 2.05) is 0 Å². The van der Waals surface area contributed by atoms with Crippen LogP contribution in [0.5, 0.6) is 0 Å². The monoisotopic (exact) mass is 152 g/mol. The van der Waals surface area contributed by atoms with Crippen LogP contribution in [-0.4, -0.2) is 28.9 Å². The molecule has 0 bridgehead atoms. The topological polar surface area (TPSA) is 69.6 Å². The maximum absolute atomic E-state index is 9.59. The van der Waals surface area contributed by atoms with Gasteiger partial charge in [-0.15, -0.1) is 0 Å². The van der Waals surface area contributed by atoms with E-state index in [1.165, 1.54) is 6.92 Å². The summed E-state index contributed by atoms with van der Waals surface area (Å²) >= 11 is 0. The molecule has 1 atom stereocenters. The first-order chi connectivity index (χ1) is 3.06. The van der Waals surface area contributed by atoms with Crippen LogP contribution in [-0.2, 0) is 9.09 Å². The van der Waals surface area contributed by atoms with Crippen LogP contribution >= 0.6 is 7.82 Å².